The molecular formula is C23H29N3O2S. The lowest BCUT2D eigenvalue weighted by molar-refractivity contribution is -0.111. The average molecular weight is 412 g/mol. The SMILES string of the molecule is C=CC(=O)Nc1cccc(S(=O)N2CCN(CCCCc3ccccc3)CC2)c1. The third-order valence-electron chi connectivity index (χ3n) is 5.09. The molecular weight excluding hydrogens is 382 g/mol. The van der Waals surface area contributed by atoms with Gasteiger partial charge >= 0.3 is 0 Å². The number of benzene rings is 2. The second kappa shape index (κ2) is 11.0. The van der Waals surface area contributed by atoms with Gasteiger partial charge in [0, 0.05) is 31.9 Å². The Morgan fingerprint density at radius 2 is 1.79 bits per heavy atom. The first-order chi connectivity index (χ1) is 14.2. The summed E-state index contributed by atoms with van der Waals surface area (Å²) in [5.74, 6) is -0.270. The van der Waals surface area contributed by atoms with Gasteiger partial charge < -0.3 is 10.2 Å². The zero-order valence-electron chi connectivity index (χ0n) is 16.8. The van der Waals surface area contributed by atoms with Gasteiger partial charge in [0.05, 0.1) is 4.90 Å². The van der Waals surface area contributed by atoms with E-state index in [9.17, 15) is 9.00 Å². The first kappa shape index (κ1) is 21.4. The molecule has 1 fully saturated rings. The zero-order chi connectivity index (χ0) is 20.5. The van der Waals surface area contributed by atoms with Crippen LogP contribution >= 0.6 is 0 Å². The number of amides is 1. The Labute approximate surface area is 176 Å². The molecule has 0 bridgehead atoms. The summed E-state index contributed by atoms with van der Waals surface area (Å²) in [6.07, 6.45) is 4.73. The predicted octanol–water partition coefficient (Wildman–Crippen LogP) is 3.47. The second-order valence-electron chi connectivity index (χ2n) is 7.18. The Kier molecular flexibility index (Phi) is 8.16. The lowest BCUT2D eigenvalue weighted by Gasteiger charge is -2.33. The summed E-state index contributed by atoms with van der Waals surface area (Å²) in [4.78, 5) is 14.6. The van der Waals surface area contributed by atoms with Gasteiger partial charge in [-0.25, -0.2) is 8.51 Å². The van der Waals surface area contributed by atoms with E-state index in [0.717, 1.165) is 39.1 Å². The molecule has 1 atom stereocenters. The van der Waals surface area contributed by atoms with Crippen molar-refractivity contribution in [3.8, 4) is 0 Å². The molecule has 29 heavy (non-hydrogen) atoms. The number of nitrogens with zero attached hydrogens (tertiary/aromatic N) is 2. The summed E-state index contributed by atoms with van der Waals surface area (Å²) in [7, 11) is -1.21. The summed E-state index contributed by atoms with van der Waals surface area (Å²) in [5.41, 5.74) is 2.04. The van der Waals surface area contributed by atoms with Crippen molar-refractivity contribution < 1.29 is 9.00 Å². The minimum atomic E-state index is -1.21. The highest BCUT2D eigenvalue weighted by Gasteiger charge is 2.22. The maximum atomic E-state index is 12.9. The molecule has 3 rings (SSSR count). The van der Waals surface area contributed by atoms with Crippen LogP contribution < -0.4 is 5.32 Å². The van der Waals surface area contributed by atoms with Crippen LogP contribution in [0.25, 0.3) is 0 Å². The van der Waals surface area contributed by atoms with Crippen LogP contribution in [-0.2, 0) is 22.2 Å². The Morgan fingerprint density at radius 1 is 1.03 bits per heavy atom. The van der Waals surface area contributed by atoms with Gasteiger partial charge in [0.25, 0.3) is 0 Å². The molecule has 6 heteroatoms. The molecule has 2 aromatic carbocycles. The van der Waals surface area contributed by atoms with Crippen molar-refractivity contribution in [2.45, 2.75) is 24.2 Å². The molecule has 1 N–H and O–H groups in total. The second-order valence-corrected chi connectivity index (χ2v) is 8.67. The van der Waals surface area contributed by atoms with E-state index in [1.165, 1.54) is 24.5 Å². The smallest absolute Gasteiger partial charge is 0.247 e. The van der Waals surface area contributed by atoms with Crippen LogP contribution in [0.4, 0.5) is 5.69 Å². The highest BCUT2D eigenvalue weighted by Crippen LogP contribution is 2.18. The molecule has 154 valence electrons. The third-order valence-corrected chi connectivity index (χ3v) is 6.58. The molecule has 0 radical (unpaired) electrons. The lowest BCUT2D eigenvalue weighted by Crippen LogP contribution is -2.47. The lowest BCUT2D eigenvalue weighted by atomic mass is 10.1. The normalized spacial score (nSPS) is 16.3. The monoisotopic (exact) mass is 411 g/mol. The molecule has 1 aliphatic rings. The van der Waals surface area contributed by atoms with E-state index < -0.39 is 11.0 Å². The average Bonchev–Trinajstić information content (AvgIpc) is 2.77. The van der Waals surface area contributed by atoms with Gasteiger partial charge in [-0.05, 0) is 55.6 Å². The van der Waals surface area contributed by atoms with Crippen molar-refractivity contribution in [1.82, 2.24) is 9.21 Å². The fraction of sp³-hybridized carbons (Fsp3) is 0.348. The minimum Gasteiger partial charge on any atom is -0.322 e. The molecule has 0 spiro atoms. The number of carbonyl (C=O) groups excluding carboxylic acids is 1. The summed E-state index contributed by atoms with van der Waals surface area (Å²) < 4.78 is 14.9. The van der Waals surface area contributed by atoms with Crippen molar-refractivity contribution in [1.29, 1.82) is 0 Å². The summed E-state index contributed by atoms with van der Waals surface area (Å²) in [6, 6.07) is 17.8. The van der Waals surface area contributed by atoms with E-state index in [4.69, 9.17) is 0 Å². The molecule has 1 unspecified atom stereocenters. The van der Waals surface area contributed by atoms with Crippen molar-refractivity contribution in [2.24, 2.45) is 0 Å². The molecule has 0 saturated carbocycles. The number of hydrogen-bond donors (Lipinski definition) is 1. The zero-order valence-corrected chi connectivity index (χ0v) is 17.6. The first-order valence-electron chi connectivity index (χ1n) is 10.1. The molecule has 1 aliphatic heterocycles. The molecule has 0 aliphatic carbocycles. The van der Waals surface area contributed by atoms with Crippen LogP contribution in [0.5, 0.6) is 0 Å². The van der Waals surface area contributed by atoms with Crippen LogP contribution in [0.15, 0.2) is 72.1 Å². The number of piperazine rings is 1. The van der Waals surface area contributed by atoms with Crippen molar-refractivity contribution in [2.75, 3.05) is 38.0 Å². The quantitative estimate of drug-likeness (QED) is 0.508. The Bertz CT molecular complexity index is 833. The van der Waals surface area contributed by atoms with Crippen LogP contribution in [0.3, 0.4) is 0 Å². The van der Waals surface area contributed by atoms with Gasteiger partial charge in [-0.15, -0.1) is 0 Å². The number of anilines is 1. The highest BCUT2D eigenvalue weighted by atomic mass is 32.2. The van der Waals surface area contributed by atoms with E-state index in [-0.39, 0.29) is 5.91 Å². The number of carbonyl (C=O) groups is 1. The number of unbranched alkanes of at least 4 members (excludes halogenated alkanes) is 1. The first-order valence-corrected chi connectivity index (χ1v) is 11.2. The molecule has 5 nitrogen and oxygen atoms in total. The van der Waals surface area contributed by atoms with Crippen molar-refractivity contribution >= 4 is 22.6 Å². The van der Waals surface area contributed by atoms with Gasteiger partial charge in [0.15, 0.2) is 0 Å². The maximum Gasteiger partial charge on any atom is 0.247 e. The molecule has 0 aromatic heterocycles. The van der Waals surface area contributed by atoms with E-state index >= 15 is 0 Å². The largest absolute Gasteiger partial charge is 0.322 e. The summed E-state index contributed by atoms with van der Waals surface area (Å²) in [5, 5.41) is 2.72. The highest BCUT2D eigenvalue weighted by molar-refractivity contribution is 7.82. The van der Waals surface area contributed by atoms with Crippen LogP contribution in [0, 0.1) is 0 Å². The van der Waals surface area contributed by atoms with Gasteiger partial charge in [-0.3, -0.25) is 4.79 Å². The standard InChI is InChI=1S/C23H29N3O2S/c1-2-23(27)24-21-12-8-13-22(19-21)29(28)26-17-15-25(16-18-26)14-7-6-11-20-9-4-3-5-10-20/h2-5,8-10,12-13,19H,1,6-7,11,14-18H2,(H,24,27). The Balaban J connectivity index is 1.42. The Hall–Kier alpha value is -2.28. The minimum absolute atomic E-state index is 0.270. The van der Waals surface area contributed by atoms with Crippen molar-refractivity contribution in [3.05, 3.63) is 72.8 Å². The van der Waals surface area contributed by atoms with E-state index in [2.05, 4.69) is 47.1 Å². The third kappa shape index (κ3) is 6.63. The maximum absolute atomic E-state index is 12.9. The Morgan fingerprint density at radius 3 is 2.52 bits per heavy atom. The molecule has 1 heterocycles. The van der Waals surface area contributed by atoms with Crippen LogP contribution in [0.1, 0.15) is 18.4 Å². The number of nitrogens with one attached hydrogen (secondary N) is 1. The summed E-state index contributed by atoms with van der Waals surface area (Å²) in [6.45, 7) is 7.99. The molecule has 2 aromatic rings. The van der Waals surface area contributed by atoms with E-state index in [1.807, 2.05) is 16.4 Å². The number of rotatable bonds is 9. The van der Waals surface area contributed by atoms with Gasteiger partial charge in [0.1, 0.15) is 11.0 Å². The fourth-order valence-corrected chi connectivity index (χ4v) is 4.67. The van der Waals surface area contributed by atoms with E-state index in [1.54, 1.807) is 12.1 Å². The van der Waals surface area contributed by atoms with Crippen molar-refractivity contribution in [3.63, 3.8) is 0 Å². The van der Waals surface area contributed by atoms with Crippen LogP contribution in [0.2, 0.25) is 0 Å². The van der Waals surface area contributed by atoms with Gasteiger partial charge in [-0.1, -0.05) is 43.0 Å². The van der Waals surface area contributed by atoms with E-state index in [0.29, 0.717) is 10.6 Å². The molecule has 1 saturated heterocycles. The van der Waals surface area contributed by atoms with Crippen LogP contribution in [-0.4, -0.2) is 52.0 Å². The predicted molar refractivity (Wildman–Crippen MR) is 119 cm³/mol. The summed E-state index contributed by atoms with van der Waals surface area (Å²) >= 11 is 0. The number of aryl methyl sites for hydroxylation is 1. The topological polar surface area (TPSA) is 52.7 Å². The number of hydrogen-bond acceptors (Lipinski definition) is 3. The molecule has 1 amide bonds. The van der Waals surface area contributed by atoms with Gasteiger partial charge in [-0.2, -0.15) is 0 Å². The van der Waals surface area contributed by atoms with Gasteiger partial charge in [0.2, 0.25) is 5.91 Å². The fourth-order valence-electron chi connectivity index (χ4n) is 3.45.